The van der Waals surface area contributed by atoms with E-state index in [9.17, 15) is 13.2 Å². The number of hydrogen-bond acceptors (Lipinski definition) is 3. The standard InChI is InChI=1S/C12H17NO4S/c1-10(11-6-4-3-5-7-11)13(2)18(16,17)9-8-12(14)15/h3-7,10H,8-9H2,1-2H3,(H,14,15). The van der Waals surface area contributed by atoms with Gasteiger partial charge < -0.3 is 5.11 Å². The molecule has 0 spiro atoms. The van der Waals surface area contributed by atoms with Gasteiger partial charge in [0.05, 0.1) is 12.2 Å². The molecule has 6 heteroatoms. The number of carboxylic acids is 1. The number of rotatable bonds is 6. The summed E-state index contributed by atoms with van der Waals surface area (Å²) in [5.41, 5.74) is 0.874. The summed E-state index contributed by atoms with van der Waals surface area (Å²) in [7, 11) is -2.08. The van der Waals surface area contributed by atoms with Gasteiger partial charge in [0.1, 0.15) is 0 Å². The zero-order valence-corrected chi connectivity index (χ0v) is 11.2. The summed E-state index contributed by atoms with van der Waals surface area (Å²) in [6, 6.07) is 8.90. The minimum atomic E-state index is -3.55. The Labute approximate surface area is 107 Å². The van der Waals surface area contributed by atoms with Crippen molar-refractivity contribution >= 4 is 16.0 Å². The predicted molar refractivity (Wildman–Crippen MR) is 68.7 cm³/mol. The van der Waals surface area contributed by atoms with Crippen LogP contribution in [0.25, 0.3) is 0 Å². The monoisotopic (exact) mass is 271 g/mol. The molecule has 0 bridgehead atoms. The fourth-order valence-electron chi connectivity index (χ4n) is 1.54. The molecule has 1 N–H and O–H groups in total. The molecule has 0 saturated heterocycles. The van der Waals surface area contributed by atoms with Crippen molar-refractivity contribution in [2.45, 2.75) is 19.4 Å². The van der Waals surface area contributed by atoms with E-state index in [1.165, 1.54) is 11.4 Å². The predicted octanol–water partition coefficient (Wildman–Crippen LogP) is 1.48. The largest absolute Gasteiger partial charge is 0.481 e. The van der Waals surface area contributed by atoms with Gasteiger partial charge in [-0.2, -0.15) is 4.31 Å². The van der Waals surface area contributed by atoms with Gasteiger partial charge in [0, 0.05) is 13.1 Å². The van der Waals surface area contributed by atoms with Crippen molar-refractivity contribution in [2.24, 2.45) is 0 Å². The molecule has 0 fully saturated rings. The van der Waals surface area contributed by atoms with Crippen LogP contribution in [0.5, 0.6) is 0 Å². The van der Waals surface area contributed by atoms with E-state index in [0.29, 0.717) is 0 Å². The van der Waals surface area contributed by atoms with Gasteiger partial charge in [-0.15, -0.1) is 0 Å². The van der Waals surface area contributed by atoms with Crippen molar-refractivity contribution in [1.82, 2.24) is 4.31 Å². The Morgan fingerprint density at radius 3 is 2.39 bits per heavy atom. The Hall–Kier alpha value is -1.40. The van der Waals surface area contributed by atoms with E-state index in [1.807, 2.05) is 30.3 Å². The van der Waals surface area contributed by atoms with Crippen molar-refractivity contribution in [3.05, 3.63) is 35.9 Å². The number of sulfonamides is 1. The number of hydrogen-bond donors (Lipinski definition) is 1. The van der Waals surface area contributed by atoms with Crippen LogP contribution in [0.4, 0.5) is 0 Å². The maximum atomic E-state index is 11.9. The van der Waals surface area contributed by atoms with Crippen LogP contribution < -0.4 is 0 Å². The van der Waals surface area contributed by atoms with Crippen LogP contribution in [0, 0.1) is 0 Å². The second kappa shape index (κ2) is 5.97. The Balaban J connectivity index is 2.80. The molecule has 0 saturated carbocycles. The van der Waals surface area contributed by atoms with Crippen LogP contribution >= 0.6 is 0 Å². The van der Waals surface area contributed by atoms with Gasteiger partial charge in [-0.1, -0.05) is 30.3 Å². The number of carbonyl (C=O) groups is 1. The van der Waals surface area contributed by atoms with Crippen LogP contribution in [0.2, 0.25) is 0 Å². The first-order chi connectivity index (χ1) is 8.34. The molecule has 0 aliphatic heterocycles. The summed E-state index contributed by atoms with van der Waals surface area (Å²) >= 11 is 0. The number of aliphatic carboxylic acids is 1. The molecule has 100 valence electrons. The summed E-state index contributed by atoms with van der Waals surface area (Å²) in [4.78, 5) is 10.4. The first kappa shape index (κ1) is 14.7. The fourth-order valence-corrected chi connectivity index (χ4v) is 2.87. The van der Waals surface area contributed by atoms with Gasteiger partial charge in [0.15, 0.2) is 0 Å². The lowest BCUT2D eigenvalue weighted by molar-refractivity contribution is -0.136. The summed E-state index contributed by atoms with van der Waals surface area (Å²) in [5, 5.41) is 8.53. The SMILES string of the molecule is CC(c1ccccc1)N(C)S(=O)(=O)CCC(=O)O. The van der Waals surface area contributed by atoms with E-state index in [-0.39, 0.29) is 18.2 Å². The molecule has 0 aliphatic carbocycles. The Bertz CT molecular complexity index is 498. The van der Waals surface area contributed by atoms with Gasteiger partial charge in [-0.25, -0.2) is 8.42 Å². The molecule has 18 heavy (non-hydrogen) atoms. The van der Waals surface area contributed by atoms with E-state index >= 15 is 0 Å². The maximum absolute atomic E-state index is 11.9. The van der Waals surface area contributed by atoms with Crippen molar-refractivity contribution < 1.29 is 18.3 Å². The molecule has 0 amide bonds. The Morgan fingerprint density at radius 2 is 1.89 bits per heavy atom. The van der Waals surface area contributed by atoms with Gasteiger partial charge in [-0.05, 0) is 12.5 Å². The third kappa shape index (κ3) is 3.82. The third-order valence-electron chi connectivity index (χ3n) is 2.84. The lowest BCUT2D eigenvalue weighted by Crippen LogP contribution is -2.32. The Morgan fingerprint density at radius 1 is 1.33 bits per heavy atom. The number of benzene rings is 1. The van der Waals surface area contributed by atoms with Crippen LogP contribution in [-0.4, -0.2) is 36.6 Å². The molecule has 1 rings (SSSR count). The van der Waals surface area contributed by atoms with Gasteiger partial charge in [0.2, 0.25) is 10.0 Å². The quantitative estimate of drug-likeness (QED) is 0.850. The van der Waals surface area contributed by atoms with E-state index in [0.717, 1.165) is 5.56 Å². The zero-order chi connectivity index (χ0) is 13.8. The summed E-state index contributed by atoms with van der Waals surface area (Å²) in [6.07, 6.45) is -0.381. The molecule has 1 unspecified atom stereocenters. The van der Waals surface area contributed by atoms with Crippen LogP contribution in [0.3, 0.4) is 0 Å². The number of carboxylic acid groups (broad SMARTS) is 1. The lowest BCUT2D eigenvalue weighted by Gasteiger charge is -2.24. The van der Waals surface area contributed by atoms with E-state index < -0.39 is 16.0 Å². The van der Waals surface area contributed by atoms with E-state index in [4.69, 9.17) is 5.11 Å². The second-order valence-corrected chi connectivity index (χ2v) is 6.21. The van der Waals surface area contributed by atoms with Crippen molar-refractivity contribution in [3.63, 3.8) is 0 Å². The third-order valence-corrected chi connectivity index (χ3v) is 4.75. The molecule has 1 aromatic rings. The molecule has 1 aromatic carbocycles. The van der Waals surface area contributed by atoms with Crippen LogP contribution in [0.15, 0.2) is 30.3 Å². The first-order valence-corrected chi connectivity index (χ1v) is 7.18. The zero-order valence-electron chi connectivity index (χ0n) is 10.4. The number of nitrogens with zero attached hydrogens (tertiary/aromatic N) is 1. The van der Waals surface area contributed by atoms with Crippen LogP contribution in [-0.2, 0) is 14.8 Å². The molecule has 0 aromatic heterocycles. The highest BCUT2D eigenvalue weighted by atomic mass is 32.2. The summed E-state index contributed by atoms with van der Waals surface area (Å²) in [5.74, 6) is -1.49. The molecular weight excluding hydrogens is 254 g/mol. The topological polar surface area (TPSA) is 74.7 Å². The van der Waals surface area contributed by atoms with Crippen molar-refractivity contribution in [2.75, 3.05) is 12.8 Å². The molecule has 1 atom stereocenters. The van der Waals surface area contributed by atoms with Crippen molar-refractivity contribution in [3.8, 4) is 0 Å². The lowest BCUT2D eigenvalue weighted by atomic mass is 10.1. The highest BCUT2D eigenvalue weighted by Gasteiger charge is 2.24. The summed E-state index contributed by atoms with van der Waals surface area (Å²) < 4.78 is 25.0. The molecule has 0 radical (unpaired) electrons. The van der Waals surface area contributed by atoms with Gasteiger partial charge in [-0.3, -0.25) is 4.79 Å². The van der Waals surface area contributed by atoms with Crippen LogP contribution in [0.1, 0.15) is 24.9 Å². The normalized spacial score (nSPS) is 13.5. The first-order valence-electron chi connectivity index (χ1n) is 5.57. The smallest absolute Gasteiger partial charge is 0.304 e. The molecule has 0 aliphatic rings. The molecular formula is C12H17NO4S. The van der Waals surface area contributed by atoms with Gasteiger partial charge >= 0.3 is 5.97 Å². The van der Waals surface area contributed by atoms with E-state index in [2.05, 4.69) is 0 Å². The highest BCUT2D eigenvalue weighted by Crippen LogP contribution is 2.21. The average Bonchev–Trinajstić information content (AvgIpc) is 2.36. The minimum Gasteiger partial charge on any atom is -0.481 e. The second-order valence-electron chi connectivity index (χ2n) is 4.06. The van der Waals surface area contributed by atoms with E-state index in [1.54, 1.807) is 6.92 Å². The van der Waals surface area contributed by atoms with Crippen molar-refractivity contribution in [1.29, 1.82) is 0 Å². The maximum Gasteiger partial charge on any atom is 0.304 e. The average molecular weight is 271 g/mol. The highest BCUT2D eigenvalue weighted by molar-refractivity contribution is 7.89. The molecule has 5 nitrogen and oxygen atoms in total. The summed E-state index contributed by atoms with van der Waals surface area (Å²) in [6.45, 7) is 1.77. The van der Waals surface area contributed by atoms with Gasteiger partial charge in [0.25, 0.3) is 0 Å². The fraction of sp³-hybridized carbons (Fsp3) is 0.417. The minimum absolute atomic E-state index is 0.315. The molecule has 0 heterocycles. The Kier molecular flexibility index (Phi) is 4.86.